The van der Waals surface area contributed by atoms with E-state index in [-0.39, 0.29) is 35.1 Å². The number of hydrogen-bond acceptors (Lipinski definition) is 13. The molecular formula is C36H42FN7O8S. The van der Waals surface area contributed by atoms with Crippen molar-refractivity contribution in [3.05, 3.63) is 71.2 Å². The lowest BCUT2D eigenvalue weighted by Gasteiger charge is -2.42. The second-order valence-corrected chi connectivity index (χ2v) is 14.5. The molecule has 0 saturated carbocycles. The van der Waals surface area contributed by atoms with Gasteiger partial charge in [-0.05, 0) is 56.6 Å². The number of pyridine rings is 1. The molecule has 4 heterocycles. The summed E-state index contributed by atoms with van der Waals surface area (Å²) in [6.07, 6.45) is 1.79. The van der Waals surface area contributed by atoms with Crippen molar-refractivity contribution in [3.63, 3.8) is 0 Å². The van der Waals surface area contributed by atoms with Gasteiger partial charge in [0.2, 0.25) is 5.88 Å². The van der Waals surface area contributed by atoms with Crippen LogP contribution in [0.4, 0.5) is 14.9 Å². The SMILES string of the molecule is CCOc1ncccc1C1(NC(=O)ON2CCC(N3CCN(CC)CC3)CC2)C(=O)N(S(=O)(=O)c2ccc(OC)cc2OC)c2cc(F)c(C#N)cc21. The van der Waals surface area contributed by atoms with Gasteiger partial charge in [0.05, 0.1) is 37.6 Å². The van der Waals surface area contributed by atoms with Crippen molar-refractivity contribution in [2.75, 3.05) is 70.9 Å². The Morgan fingerprint density at radius 3 is 2.42 bits per heavy atom. The monoisotopic (exact) mass is 751 g/mol. The predicted molar refractivity (Wildman–Crippen MR) is 189 cm³/mol. The van der Waals surface area contributed by atoms with Crippen LogP contribution < -0.4 is 23.8 Å². The fourth-order valence-corrected chi connectivity index (χ4v) is 8.83. The lowest BCUT2D eigenvalue weighted by molar-refractivity contribution is -0.130. The number of fused-ring (bicyclic) bond motifs is 1. The molecule has 3 aliphatic heterocycles. The van der Waals surface area contributed by atoms with E-state index in [4.69, 9.17) is 19.0 Å². The van der Waals surface area contributed by atoms with E-state index in [9.17, 15) is 18.5 Å². The number of rotatable bonds is 11. The van der Waals surface area contributed by atoms with E-state index in [0.717, 1.165) is 57.7 Å². The van der Waals surface area contributed by atoms with Crippen LogP contribution in [0.3, 0.4) is 0 Å². The largest absolute Gasteiger partial charge is 0.497 e. The molecule has 3 aliphatic rings. The normalized spacial score (nSPS) is 20.1. The number of ether oxygens (including phenoxy) is 3. The highest BCUT2D eigenvalue weighted by atomic mass is 32.2. The fourth-order valence-electron chi connectivity index (χ4n) is 7.23. The molecule has 2 fully saturated rings. The molecule has 282 valence electrons. The van der Waals surface area contributed by atoms with Crippen molar-refractivity contribution in [3.8, 4) is 23.4 Å². The molecule has 2 saturated heterocycles. The summed E-state index contributed by atoms with van der Waals surface area (Å²) < 4.78 is 61.4. The van der Waals surface area contributed by atoms with Crippen LogP contribution >= 0.6 is 0 Å². The molecule has 17 heteroatoms. The number of aromatic nitrogens is 1. The number of methoxy groups -OCH3 is 2. The van der Waals surface area contributed by atoms with E-state index in [1.165, 1.54) is 55.8 Å². The van der Waals surface area contributed by atoms with Crippen LogP contribution in [-0.4, -0.2) is 113 Å². The maximum Gasteiger partial charge on any atom is 0.427 e. The standard InChI is InChI=1S/C36H42FN7O8S/c1-5-41-16-18-42(19-17-41)25-11-14-43(15-12-25)52-35(46)40-36(27-8-7-13-39-33(27)51-6-2)28-20-24(23-38)29(37)22-30(28)44(34(36)45)53(47,48)32-10-9-26(49-3)21-31(32)50-4/h7-10,13,20-22,25H,5-6,11-12,14-19H2,1-4H3,(H,40,46). The Morgan fingerprint density at radius 2 is 1.77 bits per heavy atom. The number of piperidine rings is 1. The number of benzene rings is 2. The van der Waals surface area contributed by atoms with Crippen LogP contribution in [0, 0.1) is 17.1 Å². The highest BCUT2D eigenvalue weighted by Crippen LogP contribution is 2.50. The number of nitrogens with one attached hydrogen (secondary N) is 1. The van der Waals surface area contributed by atoms with Crippen molar-refractivity contribution >= 4 is 27.7 Å². The van der Waals surface area contributed by atoms with E-state index in [0.29, 0.717) is 23.4 Å². The molecule has 0 bridgehead atoms. The predicted octanol–water partition coefficient (Wildman–Crippen LogP) is 3.23. The van der Waals surface area contributed by atoms with E-state index in [1.54, 1.807) is 13.0 Å². The van der Waals surface area contributed by atoms with Crippen LogP contribution in [0.25, 0.3) is 0 Å². The summed E-state index contributed by atoms with van der Waals surface area (Å²) >= 11 is 0. The number of nitrogens with zero attached hydrogens (tertiary/aromatic N) is 6. The summed E-state index contributed by atoms with van der Waals surface area (Å²) in [6.45, 7) is 9.70. The smallest absolute Gasteiger partial charge is 0.427 e. The minimum atomic E-state index is -4.91. The van der Waals surface area contributed by atoms with Crippen LogP contribution in [0.5, 0.6) is 17.4 Å². The lowest BCUT2D eigenvalue weighted by Crippen LogP contribution is -2.56. The molecule has 0 spiro atoms. The zero-order chi connectivity index (χ0) is 37.9. The van der Waals surface area contributed by atoms with Crippen LogP contribution in [0.2, 0.25) is 0 Å². The maximum absolute atomic E-state index is 15.5. The van der Waals surface area contributed by atoms with Gasteiger partial charge in [0, 0.05) is 69.2 Å². The Kier molecular flexibility index (Phi) is 11.1. The third kappa shape index (κ3) is 6.95. The Morgan fingerprint density at radius 1 is 1.04 bits per heavy atom. The second kappa shape index (κ2) is 15.5. The minimum Gasteiger partial charge on any atom is -0.497 e. The summed E-state index contributed by atoms with van der Waals surface area (Å²) in [5.74, 6) is -2.31. The van der Waals surface area contributed by atoms with Gasteiger partial charge in [0.15, 0.2) is 5.54 Å². The Balaban J connectivity index is 1.40. The molecular weight excluding hydrogens is 710 g/mol. The molecule has 1 aromatic heterocycles. The number of carbonyl (C=O) groups excluding carboxylic acids is 2. The molecule has 3 aromatic rings. The molecule has 1 N–H and O–H groups in total. The highest BCUT2D eigenvalue weighted by molar-refractivity contribution is 7.93. The third-order valence-electron chi connectivity index (χ3n) is 9.97. The first kappa shape index (κ1) is 37.7. The molecule has 15 nitrogen and oxygen atoms in total. The molecule has 0 radical (unpaired) electrons. The van der Waals surface area contributed by atoms with Gasteiger partial charge in [-0.1, -0.05) is 6.92 Å². The first-order chi connectivity index (χ1) is 25.5. The number of halogens is 1. The lowest BCUT2D eigenvalue weighted by atomic mass is 9.83. The molecule has 0 aliphatic carbocycles. The highest BCUT2D eigenvalue weighted by Gasteiger charge is 2.60. The van der Waals surface area contributed by atoms with E-state index in [1.807, 2.05) is 0 Å². The molecule has 53 heavy (non-hydrogen) atoms. The van der Waals surface area contributed by atoms with Crippen LogP contribution in [0.15, 0.2) is 53.6 Å². The number of sulfonamides is 1. The number of nitriles is 1. The molecule has 1 unspecified atom stereocenters. The van der Waals surface area contributed by atoms with Crippen molar-refractivity contribution in [2.24, 2.45) is 0 Å². The van der Waals surface area contributed by atoms with Gasteiger partial charge in [-0.3, -0.25) is 15.0 Å². The molecule has 6 rings (SSSR count). The fraction of sp³-hybridized carbons (Fsp3) is 0.444. The van der Waals surface area contributed by atoms with Gasteiger partial charge < -0.3 is 23.9 Å². The first-order valence-electron chi connectivity index (χ1n) is 17.4. The number of anilines is 1. The zero-order valence-corrected chi connectivity index (χ0v) is 30.8. The molecule has 2 aromatic carbocycles. The Hall–Kier alpha value is -5.02. The second-order valence-electron chi connectivity index (χ2n) is 12.7. The molecule has 2 amide bonds. The minimum absolute atomic E-state index is 0.0649. The number of hydroxylamine groups is 2. The van der Waals surface area contributed by atoms with Crippen LogP contribution in [-0.2, 0) is 25.2 Å². The van der Waals surface area contributed by atoms with Gasteiger partial charge >= 0.3 is 6.09 Å². The van der Waals surface area contributed by atoms with Gasteiger partial charge in [-0.2, -0.15) is 9.57 Å². The van der Waals surface area contributed by atoms with Gasteiger partial charge in [-0.15, -0.1) is 5.06 Å². The Bertz CT molecular complexity index is 2010. The number of hydrogen-bond donors (Lipinski definition) is 1. The van der Waals surface area contributed by atoms with Crippen LogP contribution in [0.1, 0.15) is 43.4 Å². The number of likely N-dealkylation sites (N-methyl/N-ethyl adjacent to an activating group) is 1. The quantitative estimate of drug-likeness (QED) is 0.304. The molecule has 1 atom stereocenters. The van der Waals surface area contributed by atoms with Crippen molar-refractivity contribution in [2.45, 2.75) is 43.2 Å². The van der Waals surface area contributed by atoms with E-state index in [2.05, 4.69) is 27.0 Å². The topological polar surface area (TPSA) is 167 Å². The van der Waals surface area contributed by atoms with Crippen molar-refractivity contribution < 1.29 is 41.4 Å². The zero-order valence-electron chi connectivity index (χ0n) is 30.0. The average molecular weight is 752 g/mol. The third-order valence-corrected chi connectivity index (χ3v) is 11.7. The summed E-state index contributed by atoms with van der Waals surface area (Å²) in [7, 11) is -2.28. The number of carbonyl (C=O) groups is 2. The maximum atomic E-state index is 15.5. The number of piperazine rings is 1. The first-order valence-corrected chi connectivity index (χ1v) is 18.8. The van der Waals surface area contributed by atoms with Gasteiger partial charge in [0.25, 0.3) is 15.9 Å². The summed E-state index contributed by atoms with van der Waals surface area (Å²) in [5.41, 5.74) is -3.65. The average Bonchev–Trinajstić information content (AvgIpc) is 3.41. The van der Waals surface area contributed by atoms with Gasteiger partial charge in [0.1, 0.15) is 28.3 Å². The summed E-state index contributed by atoms with van der Waals surface area (Å²) in [5, 5.41) is 14.0. The van der Waals surface area contributed by atoms with E-state index < -0.39 is 49.5 Å². The van der Waals surface area contributed by atoms with Crippen molar-refractivity contribution in [1.82, 2.24) is 25.2 Å². The summed E-state index contributed by atoms with van der Waals surface area (Å²) in [4.78, 5) is 43.6. The Labute approximate surface area is 307 Å². The van der Waals surface area contributed by atoms with Gasteiger partial charge in [-0.25, -0.2) is 22.6 Å². The van der Waals surface area contributed by atoms with Crippen molar-refractivity contribution in [1.29, 1.82) is 5.26 Å². The summed E-state index contributed by atoms with van der Waals surface area (Å²) in [6, 6.07) is 10.7. The van der Waals surface area contributed by atoms with E-state index >= 15 is 9.18 Å². The number of amides is 2.